The van der Waals surface area contributed by atoms with E-state index in [1.807, 2.05) is 32.0 Å². The molecule has 1 fully saturated rings. The summed E-state index contributed by atoms with van der Waals surface area (Å²) in [6.45, 7) is 6.19. The van der Waals surface area contributed by atoms with Crippen LogP contribution < -0.4 is 15.6 Å². The molecule has 2 unspecified atom stereocenters. The molecule has 3 amide bonds. The first-order valence-electron chi connectivity index (χ1n) is 10.6. The van der Waals surface area contributed by atoms with Gasteiger partial charge in [0.25, 0.3) is 11.8 Å². The van der Waals surface area contributed by atoms with Gasteiger partial charge >= 0.3 is 0 Å². The molecule has 2 N–H and O–H groups in total. The summed E-state index contributed by atoms with van der Waals surface area (Å²) in [6.07, 6.45) is 0.288. The fourth-order valence-electron chi connectivity index (χ4n) is 3.77. The number of rotatable bonds is 5. The lowest BCUT2D eigenvalue weighted by molar-refractivity contribution is -0.135. The van der Waals surface area contributed by atoms with Crippen LogP contribution in [0.25, 0.3) is 0 Å². The number of carbonyl (C=O) groups is 3. The number of aryl methyl sites for hydroxylation is 2. The largest absolute Gasteiger partial charge is 0.478 e. The summed E-state index contributed by atoms with van der Waals surface area (Å²) in [6, 6.07) is 11.5. The standard InChI is InChI=1S/C24H28FN3O4/c1-15-11-16(2)13-19(12-15)24(31)28-10-6-7-18(14-28)23(30)27-26-22(29)17(3)32-21-9-5-4-8-20(21)25/h4-5,8-9,11-13,17-18H,6-7,10,14H2,1-3H3,(H,26,29)(H,27,30). The molecule has 170 valence electrons. The van der Waals surface area contributed by atoms with Gasteiger partial charge in [0.2, 0.25) is 5.91 Å². The van der Waals surface area contributed by atoms with E-state index in [2.05, 4.69) is 10.9 Å². The molecule has 2 atom stereocenters. The molecule has 8 heteroatoms. The van der Waals surface area contributed by atoms with Crippen molar-refractivity contribution >= 4 is 17.7 Å². The maximum Gasteiger partial charge on any atom is 0.279 e. The molecule has 3 rings (SSSR count). The average molecular weight is 442 g/mol. The Bertz CT molecular complexity index is 990. The number of hydrogen-bond donors (Lipinski definition) is 2. The van der Waals surface area contributed by atoms with Crippen LogP contribution in [0.3, 0.4) is 0 Å². The Balaban J connectivity index is 1.53. The molecule has 1 aliphatic rings. The summed E-state index contributed by atoms with van der Waals surface area (Å²) in [4.78, 5) is 39.4. The van der Waals surface area contributed by atoms with E-state index >= 15 is 0 Å². The monoisotopic (exact) mass is 441 g/mol. The number of nitrogens with zero attached hydrogens (tertiary/aromatic N) is 1. The van der Waals surface area contributed by atoms with Gasteiger partial charge in [0.1, 0.15) is 0 Å². The van der Waals surface area contributed by atoms with Crippen LogP contribution >= 0.6 is 0 Å². The number of para-hydroxylation sites is 1. The third-order valence-corrected chi connectivity index (χ3v) is 5.37. The SMILES string of the molecule is Cc1cc(C)cc(C(=O)N2CCCC(C(=O)NNC(=O)C(C)Oc3ccccc3F)C2)c1. The molecular weight excluding hydrogens is 413 g/mol. The zero-order valence-electron chi connectivity index (χ0n) is 18.5. The molecule has 0 bridgehead atoms. The van der Waals surface area contributed by atoms with Gasteiger partial charge in [0.15, 0.2) is 17.7 Å². The van der Waals surface area contributed by atoms with Gasteiger partial charge in [0.05, 0.1) is 5.92 Å². The molecule has 0 saturated carbocycles. The van der Waals surface area contributed by atoms with Gasteiger partial charge in [-0.05, 0) is 57.9 Å². The topological polar surface area (TPSA) is 87.7 Å². The van der Waals surface area contributed by atoms with Crippen molar-refractivity contribution in [3.8, 4) is 5.75 Å². The van der Waals surface area contributed by atoms with E-state index in [0.717, 1.165) is 11.1 Å². The highest BCUT2D eigenvalue weighted by Gasteiger charge is 2.29. The van der Waals surface area contributed by atoms with E-state index in [0.29, 0.717) is 24.9 Å². The van der Waals surface area contributed by atoms with E-state index in [4.69, 9.17) is 4.74 Å². The van der Waals surface area contributed by atoms with Crippen LogP contribution in [0.2, 0.25) is 0 Å². The van der Waals surface area contributed by atoms with Crippen molar-refractivity contribution in [1.82, 2.24) is 15.8 Å². The van der Waals surface area contributed by atoms with Crippen LogP contribution in [0.4, 0.5) is 4.39 Å². The number of benzene rings is 2. The van der Waals surface area contributed by atoms with Gasteiger partial charge in [-0.15, -0.1) is 0 Å². The van der Waals surface area contributed by atoms with Crippen LogP contribution in [0, 0.1) is 25.6 Å². The number of amides is 3. The Morgan fingerprint density at radius 1 is 1.09 bits per heavy atom. The highest BCUT2D eigenvalue weighted by atomic mass is 19.1. The summed E-state index contributed by atoms with van der Waals surface area (Å²) in [5.41, 5.74) is 7.35. The molecule has 0 spiro atoms. The zero-order chi connectivity index (χ0) is 23.3. The fourth-order valence-corrected chi connectivity index (χ4v) is 3.77. The summed E-state index contributed by atoms with van der Waals surface area (Å²) in [5, 5.41) is 0. The molecule has 2 aromatic carbocycles. The van der Waals surface area contributed by atoms with Gasteiger partial charge in [-0.1, -0.05) is 29.3 Å². The van der Waals surface area contributed by atoms with E-state index in [1.165, 1.54) is 25.1 Å². The zero-order valence-corrected chi connectivity index (χ0v) is 18.5. The number of carbonyl (C=O) groups excluding carboxylic acids is 3. The molecule has 7 nitrogen and oxygen atoms in total. The van der Waals surface area contributed by atoms with Gasteiger partial charge in [-0.3, -0.25) is 25.2 Å². The molecule has 1 aliphatic heterocycles. The number of hydrazine groups is 1. The van der Waals surface area contributed by atoms with E-state index in [-0.39, 0.29) is 24.1 Å². The first-order chi connectivity index (χ1) is 15.2. The Labute approximate surface area is 186 Å². The molecule has 0 radical (unpaired) electrons. The highest BCUT2D eigenvalue weighted by molar-refractivity contribution is 5.95. The lowest BCUT2D eigenvalue weighted by atomic mass is 9.96. The molecule has 1 saturated heterocycles. The van der Waals surface area contributed by atoms with E-state index in [9.17, 15) is 18.8 Å². The quantitative estimate of drug-likeness (QED) is 0.699. The average Bonchev–Trinajstić information content (AvgIpc) is 2.77. The minimum atomic E-state index is -1.01. The number of hydrogen-bond acceptors (Lipinski definition) is 4. The normalized spacial score (nSPS) is 16.8. The number of halogens is 1. The van der Waals surface area contributed by atoms with Crippen LogP contribution in [0.15, 0.2) is 42.5 Å². The molecule has 0 aliphatic carbocycles. The molecule has 1 heterocycles. The van der Waals surface area contributed by atoms with Crippen molar-refractivity contribution in [3.05, 3.63) is 65.0 Å². The second kappa shape index (κ2) is 10.3. The second-order valence-corrected chi connectivity index (χ2v) is 8.14. The summed E-state index contributed by atoms with van der Waals surface area (Å²) in [7, 11) is 0. The van der Waals surface area contributed by atoms with Crippen LogP contribution in [0.1, 0.15) is 41.3 Å². The first-order valence-corrected chi connectivity index (χ1v) is 10.6. The van der Waals surface area contributed by atoms with Crippen LogP contribution in [0.5, 0.6) is 5.75 Å². The van der Waals surface area contributed by atoms with Gasteiger partial charge in [-0.25, -0.2) is 4.39 Å². The first kappa shape index (κ1) is 23.2. The lowest BCUT2D eigenvalue weighted by Gasteiger charge is -2.32. The Hall–Kier alpha value is -3.42. The second-order valence-electron chi connectivity index (χ2n) is 8.14. The summed E-state index contributed by atoms with van der Waals surface area (Å²) >= 11 is 0. The van der Waals surface area contributed by atoms with Gasteiger partial charge < -0.3 is 9.64 Å². The Kier molecular flexibility index (Phi) is 7.45. The van der Waals surface area contributed by atoms with E-state index < -0.39 is 23.7 Å². The van der Waals surface area contributed by atoms with E-state index in [1.54, 1.807) is 11.0 Å². The number of nitrogens with one attached hydrogen (secondary N) is 2. The number of ether oxygens (including phenoxy) is 1. The van der Waals surface area contributed by atoms with Crippen molar-refractivity contribution in [2.24, 2.45) is 5.92 Å². The molecular formula is C24H28FN3O4. The van der Waals surface area contributed by atoms with Gasteiger partial charge in [-0.2, -0.15) is 0 Å². The number of likely N-dealkylation sites (tertiary alicyclic amines) is 1. The predicted octanol–water partition coefficient (Wildman–Crippen LogP) is 2.91. The minimum absolute atomic E-state index is 0.0469. The maximum atomic E-state index is 13.7. The lowest BCUT2D eigenvalue weighted by Crippen LogP contribution is -2.52. The van der Waals surface area contributed by atoms with Crippen LogP contribution in [-0.4, -0.2) is 41.8 Å². The Morgan fingerprint density at radius 3 is 2.47 bits per heavy atom. The smallest absolute Gasteiger partial charge is 0.279 e. The molecule has 2 aromatic rings. The van der Waals surface area contributed by atoms with Crippen molar-refractivity contribution in [1.29, 1.82) is 0 Å². The molecule has 0 aromatic heterocycles. The van der Waals surface area contributed by atoms with Crippen molar-refractivity contribution in [2.45, 2.75) is 39.7 Å². The third kappa shape index (κ3) is 5.84. The van der Waals surface area contributed by atoms with Crippen LogP contribution in [-0.2, 0) is 9.59 Å². The Morgan fingerprint density at radius 2 is 1.78 bits per heavy atom. The highest BCUT2D eigenvalue weighted by Crippen LogP contribution is 2.20. The third-order valence-electron chi connectivity index (χ3n) is 5.37. The summed E-state index contributed by atoms with van der Waals surface area (Å²) in [5.74, 6) is -2.16. The van der Waals surface area contributed by atoms with Crippen molar-refractivity contribution in [3.63, 3.8) is 0 Å². The summed E-state index contributed by atoms with van der Waals surface area (Å²) < 4.78 is 19.0. The fraction of sp³-hybridized carbons (Fsp3) is 0.375. The maximum absolute atomic E-state index is 13.7. The minimum Gasteiger partial charge on any atom is -0.478 e. The van der Waals surface area contributed by atoms with Crippen molar-refractivity contribution in [2.75, 3.05) is 13.1 Å². The van der Waals surface area contributed by atoms with Crippen molar-refractivity contribution < 1.29 is 23.5 Å². The molecule has 32 heavy (non-hydrogen) atoms. The number of piperidine rings is 1. The predicted molar refractivity (Wildman–Crippen MR) is 117 cm³/mol. The van der Waals surface area contributed by atoms with Gasteiger partial charge in [0, 0.05) is 18.7 Å².